The van der Waals surface area contributed by atoms with E-state index in [1.54, 1.807) is 12.1 Å². The van der Waals surface area contributed by atoms with Gasteiger partial charge in [-0.15, -0.1) is 11.3 Å². The van der Waals surface area contributed by atoms with E-state index in [9.17, 15) is 9.90 Å². The number of phenols is 1. The van der Waals surface area contributed by atoms with Gasteiger partial charge in [0, 0.05) is 9.90 Å². The molecule has 0 saturated heterocycles. The molecule has 0 bridgehead atoms. The molecule has 2 heterocycles. The van der Waals surface area contributed by atoms with Crippen LogP contribution in [0.15, 0.2) is 29.1 Å². The largest absolute Gasteiger partial charge is 0.506 e. The normalized spacial score (nSPS) is 11.1. The predicted molar refractivity (Wildman–Crippen MR) is 84.0 cm³/mol. The number of H-pyrrole nitrogens is 1. The summed E-state index contributed by atoms with van der Waals surface area (Å²) < 4.78 is 1.48. The molecule has 0 spiro atoms. The number of benzene rings is 1. The monoisotopic (exact) mass is 324 g/mol. The van der Waals surface area contributed by atoms with Gasteiger partial charge < -0.3 is 10.1 Å². The Morgan fingerprint density at radius 2 is 2.15 bits per heavy atom. The van der Waals surface area contributed by atoms with Crippen LogP contribution in [0.1, 0.15) is 4.88 Å². The van der Waals surface area contributed by atoms with E-state index in [4.69, 9.17) is 23.8 Å². The Balaban J connectivity index is 2.45. The number of nitrogens with one attached hydrogen (secondary N) is 1. The van der Waals surface area contributed by atoms with Crippen LogP contribution >= 0.6 is 35.2 Å². The summed E-state index contributed by atoms with van der Waals surface area (Å²) in [7, 11) is 0. The number of aromatic nitrogens is 2. The lowest BCUT2D eigenvalue weighted by atomic mass is 10.3. The second kappa shape index (κ2) is 4.73. The van der Waals surface area contributed by atoms with Crippen LogP contribution in [0, 0.1) is 11.7 Å². The number of fused-ring (bicyclic) bond motifs is 1. The third kappa shape index (κ3) is 2.06. The van der Waals surface area contributed by atoms with Gasteiger partial charge in [-0.1, -0.05) is 11.6 Å². The smallest absolute Gasteiger partial charge is 0.267 e. The molecule has 2 aromatic heterocycles. The maximum Gasteiger partial charge on any atom is 0.267 e. The lowest BCUT2D eigenvalue weighted by Crippen LogP contribution is -2.19. The van der Waals surface area contributed by atoms with Crippen molar-refractivity contribution in [2.45, 2.75) is 6.92 Å². The van der Waals surface area contributed by atoms with Gasteiger partial charge in [-0.25, -0.2) is 4.57 Å². The minimum atomic E-state index is -0.273. The zero-order chi connectivity index (χ0) is 14.4. The van der Waals surface area contributed by atoms with Gasteiger partial charge in [-0.05, 0) is 43.4 Å². The lowest BCUT2D eigenvalue weighted by Gasteiger charge is -2.08. The summed E-state index contributed by atoms with van der Waals surface area (Å²) in [6, 6.07) is 6.28. The highest BCUT2D eigenvalue weighted by Gasteiger charge is 2.13. The molecule has 0 aliphatic rings. The van der Waals surface area contributed by atoms with Crippen molar-refractivity contribution in [2.24, 2.45) is 0 Å². The maximum absolute atomic E-state index is 12.6. The Kier molecular flexibility index (Phi) is 3.16. The van der Waals surface area contributed by atoms with Crippen LogP contribution in [-0.4, -0.2) is 14.7 Å². The fraction of sp³-hybridized carbons (Fsp3) is 0.0769. The van der Waals surface area contributed by atoms with E-state index in [1.165, 1.54) is 28.0 Å². The van der Waals surface area contributed by atoms with Crippen molar-refractivity contribution in [3.8, 4) is 11.4 Å². The second-order valence-electron chi connectivity index (χ2n) is 4.30. The first kappa shape index (κ1) is 13.4. The summed E-state index contributed by atoms with van der Waals surface area (Å²) in [6.45, 7) is 1.92. The van der Waals surface area contributed by atoms with Gasteiger partial charge >= 0.3 is 0 Å². The van der Waals surface area contributed by atoms with Crippen LogP contribution in [0.2, 0.25) is 5.02 Å². The first-order valence-electron chi connectivity index (χ1n) is 5.72. The standard InChI is InChI=1S/C13H9ClN2O2S2/c1-6-4-8-11(20-6)15-13(19)16(12(8)18)9-5-7(14)2-3-10(9)17/h2-5,17H,1H3,(H,15,19). The molecule has 102 valence electrons. The number of nitrogens with zero attached hydrogens (tertiary/aromatic N) is 1. The van der Waals surface area contributed by atoms with Crippen LogP contribution in [0.4, 0.5) is 0 Å². The molecule has 20 heavy (non-hydrogen) atoms. The van der Waals surface area contributed by atoms with Crippen LogP contribution in [0.3, 0.4) is 0 Å². The zero-order valence-corrected chi connectivity index (χ0v) is 12.7. The van der Waals surface area contributed by atoms with Crippen molar-refractivity contribution in [3.63, 3.8) is 0 Å². The minimum absolute atomic E-state index is 0.0534. The summed E-state index contributed by atoms with van der Waals surface area (Å²) in [5.74, 6) is -0.0534. The average molecular weight is 325 g/mol. The lowest BCUT2D eigenvalue weighted by molar-refractivity contribution is 0.471. The number of rotatable bonds is 1. The summed E-state index contributed by atoms with van der Waals surface area (Å²) in [6.07, 6.45) is 0. The highest BCUT2D eigenvalue weighted by Crippen LogP contribution is 2.26. The van der Waals surface area contributed by atoms with Crippen molar-refractivity contribution in [1.82, 2.24) is 9.55 Å². The molecular formula is C13H9ClN2O2S2. The third-order valence-electron chi connectivity index (χ3n) is 2.89. The van der Waals surface area contributed by atoms with Gasteiger partial charge in [0.15, 0.2) is 4.77 Å². The van der Waals surface area contributed by atoms with Gasteiger partial charge in [-0.3, -0.25) is 4.79 Å². The Morgan fingerprint density at radius 1 is 1.40 bits per heavy atom. The van der Waals surface area contributed by atoms with Crippen molar-refractivity contribution < 1.29 is 5.11 Å². The zero-order valence-electron chi connectivity index (χ0n) is 10.3. The molecule has 2 N–H and O–H groups in total. The Hall–Kier alpha value is -1.63. The third-order valence-corrected chi connectivity index (χ3v) is 4.38. The number of halogens is 1. The van der Waals surface area contributed by atoms with Gasteiger partial charge in [0.2, 0.25) is 0 Å². The number of aryl methyl sites for hydroxylation is 1. The van der Waals surface area contributed by atoms with Crippen molar-refractivity contribution >= 4 is 45.4 Å². The van der Waals surface area contributed by atoms with Crippen LogP contribution in [-0.2, 0) is 0 Å². The van der Waals surface area contributed by atoms with Gasteiger partial charge in [-0.2, -0.15) is 0 Å². The fourth-order valence-corrected chi connectivity index (χ4v) is 3.44. The fourth-order valence-electron chi connectivity index (χ4n) is 2.03. The molecule has 7 heteroatoms. The molecule has 3 aromatic rings. The van der Waals surface area contributed by atoms with E-state index < -0.39 is 0 Å². The van der Waals surface area contributed by atoms with Gasteiger partial charge in [0.1, 0.15) is 10.6 Å². The van der Waals surface area contributed by atoms with Crippen LogP contribution in [0.25, 0.3) is 15.9 Å². The molecule has 0 fully saturated rings. The molecule has 3 rings (SSSR count). The van der Waals surface area contributed by atoms with Gasteiger partial charge in [0.05, 0.1) is 11.1 Å². The predicted octanol–water partition coefficient (Wildman–Crippen LogP) is 3.78. The number of hydrogen-bond donors (Lipinski definition) is 2. The van der Waals surface area contributed by atoms with E-state index in [0.717, 1.165) is 9.71 Å². The van der Waals surface area contributed by atoms with E-state index in [1.807, 2.05) is 6.92 Å². The van der Waals surface area contributed by atoms with Crippen molar-refractivity contribution in [2.75, 3.05) is 0 Å². The van der Waals surface area contributed by atoms with E-state index in [0.29, 0.717) is 10.4 Å². The first-order valence-corrected chi connectivity index (χ1v) is 7.32. The Labute approximate surface area is 127 Å². The molecule has 0 aliphatic carbocycles. The Morgan fingerprint density at radius 3 is 2.90 bits per heavy atom. The topological polar surface area (TPSA) is 58.0 Å². The molecule has 0 atom stereocenters. The summed E-state index contributed by atoms with van der Waals surface area (Å²) >= 11 is 12.6. The molecule has 0 saturated carbocycles. The summed E-state index contributed by atoms with van der Waals surface area (Å²) in [4.78, 5) is 17.3. The molecular weight excluding hydrogens is 316 g/mol. The SMILES string of the molecule is Cc1cc2c(=O)n(-c3cc(Cl)ccc3O)c(=S)[nH]c2s1. The molecule has 0 unspecified atom stereocenters. The van der Waals surface area contributed by atoms with Crippen molar-refractivity contribution in [3.05, 3.63) is 49.3 Å². The highest BCUT2D eigenvalue weighted by atomic mass is 35.5. The van der Waals surface area contributed by atoms with Gasteiger partial charge in [0.25, 0.3) is 5.56 Å². The average Bonchev–Trinajstić information content (AvgIpc) is 2.74. The summed E-state index contributed by atoms with van der Waals surface area (Å²) in [5.41, 5.74) is 0.000157. The van der Waals surface area contributed by atoms with E-state index in [2.05, 4.69) is 4.98 Å². The number of aromatic hydroxyl groups is 1. The highest BCUT2D eigenvalue weighted by molar-refractivity contribution is 7.71. The number of hydrogen-bond acceptors (Lipinski definition) is 4. The first-order chi connectivity index (χ1) is 9.47. The molecule has 4 nitrogen and oxygen atoms in total. The molecule has 0 aliphatic heterocycles. The molecule has 1 aromatic carbocycles. The number of phenolic OH excluding ortho intramolecular Hbond substituents is 1. The minimum Gasteiger partial charge on any atom is -0.506 e. The van der Waals surface area contributed by atoms with Crippen molar-refractivity contribution in [1.29, 1.82) is 0 Å². The quantitative estimate of drug-likeness (QED) is 0.670. The van der Waals surface area contributed by atoms with E-state index >= 15 is 0 Å². The van der Waals surface area contributed by atoms with E-state index in [-0.39, 0.29) is 21.8 Å². The summed E-state index contributed by atoms with van der Waals surface area (Å²) in [5, 5.41) is 10.9. The Bertz CT molecular complexity index is 940. The second-order valence-corrected chi connectivity index (χ2v) is 6.38. The maximum atomic E-state index is 12.6. The molecule has 0 radical (unpaired) electrons. The number of thiophene rings is 1. The van der Waals surface area contributed by atoms with Crippen LogP contribution < -0.4 is 5.56 Å². The number of aromatic amines is 1. The van der Waals surface area contributed by atoms with Crippen LogP contribution in [0.5, 0.6) is 5.75 Å². The molecule has 0 amide bonds.